The topological polar surface area (TPSA) is 47.7 Å². The Morgan fingerprint density at radius 2 is 1.96 bits per heavy atom. The Labute approximate surface area is 137 Å². The minimum absolute atomic E-state index is 0.703. The minimum Gasteiger partial charge on any atom is -0.493 e. The van der Waals surface area contributed by atoms with Gasteiger partial charge >= 0.3 is 0 Å². The summed E-state index contributed by atoms with van der Waals surface area (Å²) in [6.45, 7) is 2.15. The average molecular weight is 312 g/mol. The van der Waals surface area contributed by atoms with Crippen molar-refractivity contribution < 1.29 is 9.47 Å². The summed E-state index contributed by atoms with van der Waals surface area (Å²) < 4.78 is 10.9. The first-order chi connectivity index (χ1) is 11.2. The summed E-state index contributed by atoms with van der Waals surface area (Å²) in [5, 5.41) is 0. The van der Waals surface area contributed by atoms with Crippen LogP contribution in [0.4, 0.5) is 11.4 Å². The molecule has 0 bridgehead atoms. The van der Waals surface area contributed by atoms with E-state index in [4.69, 9.17) is 15.2 Å². The molecule has 0 amide bonds. The Morgan fingerprint density at radius 1 is 1.13 bits per heavy atom. The molecule has 1 heterocycles. The minimum atomic E-state index is 0.703. The van der Waals surface area contributed by atoms with Crippen LogP contribution in [0.25, 0.3) is 0 Å². The van der Waals surface area contributed by atoms with Crippen molar-refractivity contribution >= 4 is 11.4 Å². The van der Waals surface area contributed by atoms with Crippen molar-refractivity contribution in [1.82, 2.24) is 0 Å². The molecule has 0 atom stereocenters. The second-order valence-electron chi connectivity index (χ2n) is 5.88. The summed E-state index contributed by atoms with van der Waals surface area (Å²) >= 11 is 0. The third-order valence-electron chi connectivity index (χ3n) is 4.44. The molecule has 3 rings (SSSR count). The van der Waals surface area contributed by atoms with Crippen LogP contribution in [-0.2, 0) is 12.8 Å². The number of rotatable bonds is 6. The number of hydrogen-bond donors (Lipinski definition) is 1. The summed E-state index contributed by atoms with van der Waals surface area (Å²) in [4.78, 5) is 2.46. The lowest BCUT2D eigenvalue weighted by atomic mass is 10.1. The van der Waals surface area contributed by atoms with Crippen LogP contribution < -0.4 is 20.1 Å². The third-order valence-corrected chi connectivity index (χ3v) is 4.44. The van der Waals surface area contributed by atoms with E-state index in [0.717, 1.165) is 43.7 Å². The van der Waals surface area contributed by atoms with Crippen LogP contribution in [0, 0.1) is 0 Å². The zero-order valence-electron chi connectivity index (χ0n) is 13.8. The molecule has 2 aromatic carbocycles. The Bertz CT molecular complexity index is 685. The van der Waals surface area contributed by atoms with Crippen LogP contribution in [0.3, 0.4) is 0 Å². The van der Waals surface area contributed by atoms with Gasteiger partial charge in [-0.15, -0.1) is 0 Å². The first-order valence-electron chi connectivity index (χ1n) is 8.06. The van der Waals surface area contributed by atoms with E-state index in [1.807, 2.05) is 6.07 Å². The van der Waals surface area contributed by atoms with Gasteiger partial charge in [-0.3, -0.25) is 0 Å². The molecule has 122 valence electrons. The molecule has 1 aliphatic heterocycles. The van der Waals surface area contributed by atoms with Gasteiger partial charge in [0.25, 0.3) is 0 Å². The normalized spacial score (nSPS) is 13.0. The highest BCUT2D eigenvalue weighted by atomic mass is 16.5. The summed E-state index contributed by atoms with van der Waals surface area (Å²) in [6.07, 6.45) is 3.12. The maximum atomic E-state index is 5.97. The summed E-state index contributed by atoms with van der Waals surface area (Å²) in [5.41, 5.74) is 10.6. The second-order valence-corrected chi connectivity index (χ2v) is 5.88. The molecule has 23 heavy (non-hydrogen) atoms. The van der Waals surface area contributed by atoms with Crippen molar-refractivity contribution in [3.63, 3.8) is 0 Å². The molecule has 0 saturated heterocycles. The Kier molecular flexibility index (Phi) is 4.60. The number of fused-ring (bicyclic) bond motifs is 1. The van der Waals surface area contributed by atoms with Crippen molar-refractivity contribution in [2.24, 2.45) is 0 Å². The smallest absolute Gasteiger partial charge is 0.164 e. The predicted octanol–water partition coefficient (Wildman–Crippen LogP) is 3.28. The maximum absolute atomic E-state index is 5.97. The van der Waals surface area contributed by atoms with E-state index in [2.05, 4.69) is 29.2 Å². The molecule has 0 fully saturated rings. The van der Waals surface area contributed by atoms with Gasteiger partial charge in [-0.25, -0.2) is 0 Å². The van der Waals surface area contributed by atoms with Crippen LogP contribution in [0.1, 0.15) is 17.5 Å². The number of aryl methyl sites for hydroxylation is 1. The highest BCUT2D eigenvalue weighted by Gasteiger charge is 2.18. The van der Waals surface area contributed by atoms with Crippen molar-refractivity contribution in [2.45, 2.75) is 19.3 Å². The van der Waals surface area contributed by atoms with Crippen molar-refractivity contribution in [1.29, 1.82) is 0 Å². The summed E-state index contributed by atoms with van der Waals surface area (Å²) in [6, 6.07) is 12.5. The van der Waals surface area contributed by atoms with E-state index in [1.54, 1.807) is 20.3 Å². The number of nitrogen functional groups attached to an aromatic ring is 1. The molecule has 0 aliphatic carbocycles. The highest BCUT2D eigenvalue weighted by molar-refractivity contribution is 5.58. The molecular weight excluding hydrogens is 288 g/mol. The molecule has 0 unspecified atom stereocenters. The zero-order chi connectivity index (χ0) is 16.2. The molecule has 0 radical (unpaired) electrons. The molecular formula is C19H24N2O2. The maximum Gasteiger partial charge on any atom is 0.164 e. The Hall–Kier alpha value is -2.36. The predicted molar refractivity (Wildman–Crippen MR) is 94.6 cm³/mol. The first-order valence-corrected chi connectivity index (χ1v) is 8.06. The second kappa shape index (κ2) is 6.82. The van der Waals surface area contributed by atoms with E-state index in [0.29, 0.717) is 11.4 Å². The number of para-hydroxylation sites is 1. The number of nitrogens with two attached hydrogens (primary N) is 1. The monoisotopic (exact) mass is 312 g/mol. The van der Waals surface area contributed by atoms with Crippen LogP contribution >= 0.6 is 0 Å². The quantitative estimate of drug-likeness (QED) is 0.832. The SMILES string of the molecule is COc1cc(N)cc(CCCN2CCc3ccccc32)c1OC. The summed E-state index contributed by atoms with van der Waals surface area (Å²) in [5.74, 6) is 1.50. The van der Waals surface area contributed by atoms with E-state index >= 15 is 0 Å². The average Bonchev–Trinajstić information content (AvgIpc) is 2.97. The van der Waals surface area contributed by atoms with E-state index in [-0.39, 0.29) is 0 Å². The van der Waals surface area contributed by atoms with Gasteiger partial charge in [-0.05, 0) is 37.0 Å². The number of methoxy groups -OCH3 is 2. The molecule has 2 N–H and O–H groups in total. The van der Waals surface area contributed by atoms with Gasteiger partial charge in [0.05, 0.1) is 14.2 Å². The van der Waals surface area contributed by atoms with Crippen molar-refractivity contribution in [3.8, 4) is 11.5 Å². The van der Waals surface area contributed by atoms with E-state index in [9.17, 15) is 0 Å². The lowest BCUT2D eigenvalue weighted by Gasteiger charge is -2.20. The molecule has 2 aromatic rings. The van der Waals surface area contributed by atoms with Gasteiger partial charge in [0.15, 0.2) is 11.5 Å². The van der Waals surface area contributed by atoms with Crippen LogP contribution in [0.2, 0.25) is 0 Å². The molecule has 0 spiro atoms. The summed E-state index contributed by atoms with van der Waals surface area (Å²) in [7, 11) is 3.32. The fourth-order valence-corrected chi connectivity index (χ4v) is 3.35. The Balaban J connectivity index is 1.67. The van der Waals surface area contributed by atoms with Gasteiger partial charge in [-0.2, -0.15) is 0 Å². The van der Waals surface area contributed by atoms with Crippen molar-refractivity contribution in [3.05, 3.63) is 47.5 Å². The fourth-order valence-electron chi connectivity index (χ4n) is 3.35. The lowest BCUT2D eigenvalue weighted by molar-refractivity contribution is 0.351. The first kappa shape index (κ1) is 15.5. The van der Waals surface area contributed by atoms with Crippen molar-refractivity contribution in [2.75, 3.05) is 37.9 Å². The van der Waals surface area contributed by atoms with Crippen LogP contribution in [0.5, 0.6) is 11.5 Å². The van der Waals surface area contributed by atoms with Gasteiger partial charge < -0.3 is 20.1 Å². The number of ether oxygens (including phenoxy) is 2. The van der Waals surface area contributed by atoms with Gasteiger partial charge in [0.1, 0.15) is 0 Å². The van der Waals surface area contributed by atoms with Gasteiger partial charge in [-0.1, -0.05) is 18.2 Å². The fraction of sp³-hybridized carbons (Fsp3) is 0.368. The van der Waals surface area contributed by atoms with Gasteiger partial charge in [0, 0.05) is 36.1 Å². The number of hydrogen-bond acceptors (Lipinski definition) is 4. The van der Waals surface area contributed by atoms with Gasteiger partial charge in [0.2, 0.25) is 0 Å². The van der Waals surface area contributed by atoms with Crippen LogP contribution in [0.15, 0.2) is 36.4 Å². The standard InChI is InChI=1S/C19H24N2O2/c1-22-18-13-16(20)12-15(19(18)23-2)7-5-10-21-11-9-14-6-3-4-8-17(14)21/h3-4,6,8,12-13H,5,7,9-11,20H2,1-2H3. The molecule has 0 saturated carbocycles. The Morgan fingerprint density at radius 3 is 2.74 bits per heavy atom. The highest BCUT2D eigenvalue weighted by Crippen LogP contribution is 2.34. The molecule has 4 nitrogen and oxygen atoms in total. The zero-order valence-corrected chi connectivity index (χ0v) is 13.8. The molecule has 0 aromatic heterocycles. The third kappa shape index (κ3) is 3.21. The number of anilines is 2. The number of nitrogens with zero attached hydrogens (tertiary/aromatic N) is 1. The van der Waals surface area contributed by atoms with Crippen LogP contribution in [-0.4, -0.2) is 27.3 Å². The lowest BCUT2D eigenvalue weighted by Crippen LogP contribution is -2.22. The number of benzene rings is 2. The largest absolute Gasteiger partial charge is 0.493 e. The molecule has 1 aliphatic rings. The van der Waals surface area contributed by atoms with E-state index < -0.39 is 0 Å². The molecule has 4 heteroatoms. The van der Waals surface area contributed by atoms with E-state index in [1.165, 1.54) is 11.3 Å².